The quantitative estimate of drug-likeness (QED) is 0.850. The van der Waals surface area contributed by atoms with Crippen LogP contribution in [0.25, 0.3) is 0 Å². The first-order chi connectivity index (χ1) is 9.99. The summed E-state index contributed by atoms with van der Waals surface area (Å²) in [6, 6.07) is 10.3. The fourth-order valence-corrected chi connectivity index (χ4v) is 2.19. The standard InChI is InChI=1S/C15H12Cl3NO2/c1-9-10(16)4-2-6-12(9)19-14(20)8-21-13-7-3-5-11(17)15(13)18/h2-7H,8H2,1H3,(H,19,20). The summed E-state index contributed by atoms with van der Waals surface area (Å²) in [6.07, 6.45) is 0. The van der Waals surface area contributed by atoms with Gasteiger partial charge in [0.1, 0.15) is 10.8 Å². The lowest BCUT2D eigenvalue weighted by Gasteiger charge is -2.11. The van der Waals surface area contributed by atoms with Crippen molar-refractivity contribution in [3.8, 4) is 5.75 Å². The molecule has 0 aliphatic rings. The Morgan fingerprint density at radius 3 is 2.52 bits per heavy atom. The summed E-state index contributed by atoms with van der Waals surface area (Å²) < 4.78 is 5.36. The lowest BCUT2D eigenvalue weighted by Crippen LogP contribution is -2.20. The molecule has 21 heavy (non-hydrogen) atoms. The molecule has 2 aromatic carbocycles. The van der Waals surface area contributed by atoms with E-state index in [0.29, 0.717) is 21.5 Å². The van der Waals surface area contributed by atoms with E-state index in [4.69, 9.17) is 39.5 Å². The van der Waals surface area contributed by atoms with Gasteiger partial charge in [0.05, 0.1) is 5.02 Å². The summed E-state index contributed by atoms with van der Waals surface area (Å²) >= 11 is 17.8. The third-order valence-electron chi connectivity index (χ3n) is 2.82. The molecule has 0 heterocycles. The smallest absolute Gasteiger partial charge is 0.262 e. The second-order valence-electron chi connectivity index (χ2n) is 4.30. The molecule has 0 saturated carbocycles. The molecule has 0 aliphatic heterocycles. The molecule has 0 atom stereocenters. The molecule has 0 unspecified atom stereocenters. The van der Waals surface area contributed by atoms with Crippen molar-refractivity contribution in [1.82, 2.24) is 0 Å². The first kappa shape index (κ1) is 16.0. The maximum atomic E-state index is 11.9. The van der Waals surface area contributed by atoms with Crippen LogP contribution in [0.1, 0.15) is 5.56 Å². The van der Waals surface area contributed by atoms with Crippen LogP contribution in [0, 0.1) is 6.92 Å². The second-order valence-corrected chi connectivity index (χ2v) is 5.49. The Morgan fingerprint density at radius 1 is 1.10 bits per heavy atom. The van der Waals surface area contributed by atoms with Crippen molar-refractivity contribution in [2.24, 2.45) is 0 Å². The van der Waals surface area contributed by atoms with E-state index in [0.717, 1.165) is 5.56 Å². The van der Waals surface area contributed by atoms with Crippen LogP contribution in [0.15, 0.2) is 36.4 Å². The molecule has 6 heteroatoms. The Bertz CT molecular complexity index is 674. The molecule has 0 aliphatic carbocycles. The molecule has 0 fully saturated rings. The molecule has 1 amide bonds. The van der Waals surface area contributed by atoms with Crippen LogP contribution in [-0.4, -0.2) is 12.5 Å². The van der Waals surface area contributed by atoms with E-state index in [-0.39, 0.29) is 17.5 Å². The van der Waals surface area contributed by atoms with Gasteiger partial charge in [0, 0.05) is 10.7 Å². The zero-order valence-electron chi connectivity index (χ0n) is 11.1. The van der Waals surface area contributed by atoms with Crippen LogP contribution in [0.5, 0.6) is 5.75 Å². The SMILES string of the molecule is Cc1c(Cl)cccc1NC(=O)COc1cccc(Cl)c1Cl. The number of nitrogens with one attached hydrogen (secondary N) is 1. The van der Waals surface area contributed by atoms with Gasteiger partial charge in [0.2, 0.25) is 0 Å². The van der Waals surface area contributed by atoms with E-state index < -0.39 is 0 Å². The van der Waals surface area contributed by atoms with Gasteiger partial charge in [0.25, 0.3) is 5.91 Å². The monoisotopic (exact) mass is 343 g/mol. The van der Waals surface area contributed by atoms with Gasteiger partial charge in [-0.2, -0.15) is 0 Å². The molecule has 1 N–H and O–H groups in total. The van der Waals surface area contributed by atoms with E-state index in [1.165, 1.54) is 0 Å². The average molecular weight is 345 g/mol. The van der Waals surface area contributed by atoms with E-state index in [9.17, 15) is 4.79 Å². The summed E-state index contributed by atoms with van der Waals surface area (Å²) in [7, 11) is 0. The zero-order valence-corrected chi connectivity index (χ0v) is 13.4. The van der Waals surface area contributed by atoms with Crippen LogP contribution in [0.2, 0.25) is 15.1 Å². The fourth-order valence-electron chi connectivity index (χ4n) is 1.67. The molecule has 2 aromatic rings. The number of amides is 1. The van der Waals surface area contributed by atoms with Crippen molar-refractivity contribution in [2.75, 3.05) is 11.9 Å². The van der Waals surface area contributed by atoms with Crippen molar-refractivity contribution in [1.29, 1.82) is 0 Å². The van der Waals surface area contributed by atoms with Crippen molar-refractivity contribution < 1.29 is 9.53 Å². The third kappa shape index (κ3) is 4.03. The minimum Gasteiger partial charge on any atom is -0.482 e. The number of hydrogen-bond donors (Lipinski definition) is 1. The number of anilines is 1. The Hall–Kier alpha value is -1.42. The largest absolute Gasteiger partial charge is 0.482 e. The molecule has 2 rings (SSSR count). The first-order valence-corrected chi connectivity index (χ1v) is 7.24. The van der Waals surface area contributed by atoms with E-state index in [1.807, 2.05) is 6.92 Å². The number of rotatable bonds is 4. The van der Waals surface area contributed by atoms with Gasteiger partial charge >= 0.3 is 0 Å². The number of ether oxygens (including phenoxy) is 1. The van der Waals surface area contributed by atoms with Crippen LogP contribution in [-0.2, 0) is 4.79 Å². The van der Waals surface area contributed by atoms with Gasteiger partial charge in [-0.3, -0.25) is 4.79 Å². The molecule has 0 aromatic heterocycles. The normalized spacial score (nSPS) is 10.3. The highest BCUT2D eigenvalue weighted by Crippen LogP contribution is 2.31. The summed E-state index contributed by atoms with van der Waals surface area (Å²) in [4.78, 5) is 11.9. The van der Waals surface area contributed by atoms with Crippen LogP contribution in [0.4, 0.5) is 5.69 Å². The Balaban J connectivity index is 1.99. The minimum absolute atomic E-state index is 0.175. The lowest BCUT2D eigenvalue weighted by atomic mass is 10.2. The second kappa shape index (κ2) is 7.03. The van der Waals surface area contributed by atoms with Crippen molar-refractivity contribution >= 4 is 46.4 Å². The predicted octanol–water partition coefficient (Wildman–Crippen LogP) is 4.97. The molecule has 0 spiro atoms. The van der Waals surface area contributed by atoms with Crippen LogP contribution < -0.4 is 10.1 Å². The topological polar surface area (TPSA) is 38.3 Å². The van der Waals surface area contributed by atoms with Crippen molar-refractivity contribution in [3.05, 3.63) is 57.0 Å². The van der Waals surface area contributed by atoms with E-state index >= 15 is 0 Å². The fraction of sp³-hybridized carbons (Fsp3) is 0.133. The van der Waals surface area contributed by atoms with Crippen LogP contribution >= 0.6 is 34.8 Å². The zero-order chi connectivity index (χ0) is 15.4. The highest BCUT2D eigenvalue weighted by molar-refractivity contribution is 6.42. The van der Waals surface area contributed by atoms with Crippen LogP contribution in [0.3, 0.4) is 0 Å². The molecule has 110 valence electrons. The number of hydrogen-bond acceptors (Lipinski definition) is 2. The Labute approximate surface area is 137 Å². The van der Waals surface area contributed by atoms with Gasteiger partial charge in [-0.05, 0) is 36.8 Å². The third-order valence-corrected chi connectivity index (χ3v) is 4.03. The van der Waals surface area contributed by atoms with Crippen molar-refractivity contribution in [2.45, 2.75) is 6.92 Å². The first-order valence-electron chi connectivity index (χ1n) is 6.11. The lowest BCUT2D eigenvalue weighted by molar-refractivity contribution is -0.118. The molecule has 0 bridgehead atoms. The molecule has 0 saturated heterocycles. The Morgan fingerprint density at radius 2 is 1.76 bits per heavy atom. The summed E-state index contributed by atoms with van der Waals surface area (Å²) in [5, 5.41) is 3.98. The van der Waals surface area contributed by atoms with E-state index in [2.05, 4.69) is 5.32 Å². The maximum absolute atomic E-state index is 11.9. The van der Waals surface area contributed by atoms with Gasteiger partial charge in [-0.15, -0.1) is 0 Å². The molecule has 3 nitrogen and oxygen atoms in total. The Kier molecular flexibility index (Phi) is 5.34. The van der Waals surface area contributed by atoms with Gasteiger partial charge in [-0.25, -0.2) is 0 Å². The minimum atomic E-state index is -0.309. The highest BCUT2D eigenvalue weighted by Gasteiger charge is 2.10. The number of halogens is 3. The summed E-state index contributed by atoms with van der Waals surface area (Å²) in [5.74, 6) is 0.0542. The maximum Gasteiger partial charge on any atom is 0.262 e. The molecular weight excluding hydrogens is 333 g/mol. The number of carbonyl (C=O) groups is 1. The number of carbonyl (C=O) groups excluding carboxylic acids is 1. The number of benzene rings is 2. The molecule has 0 radical (unpaired) electrons. The van der Waals surface area contributed by atoms with Gasteiger partial charge in [0.15, 0.2) is 6.61 Å². The molecular formula is C15H12Cl3NO2. The van der Waals surface area contributed by atoms with E-state index in [1.54, 1.807) is 36.4 Å². The average Bonchev–Trinajstić information content (AvgIpc) is 2.45. The highest BCUT2D eigenvalue weighted by atomic mass is 35.5. The van der Waals surface area contributed by atoms with Gasteiger partial charge < -0.3 is 10.1 Å². The summed E-state index contributed by atoms with van der Waals surface area (Å²) in [6.45, 7) is 1.65. The van der Waals surface area contributed by atoms with Gasteiger partial charge in [-0.1, -0.05) is 46.9 Å². The predicted molar refractivity (Wildman–Crippen MR) is 86.8 cm³/mol. The summed E-state index contributed by atoms with van der Waals surface area (Å²) in [5.41, 5.74) is 1.45. The van der Waals surface area contributed by atoms with Crippen molar-refractivity contribution in [3.63, 3.8) is 0 Å².